The molecule has 1 spiro atoms. The Morgan fingerprint density at radius 3 is 2.63 bits per heavy atom. The summed E-state index contributed by atoms with van der Waals surface area (Å²) in [5.41, 5.74) is 15.1. The molecule has 0 amide bonds. The number of halogens is 2. The first-order valence-corrected chi connectivity index (χ1v) is 10.8. The molecule has 2 aliphatic rings. The Hall–Kier alpha value is -1.93. The molecule has 2 aliphatic heterocycles. The number of rotatable bonds is 3. The maximum atomic E-state index is 7.98. The van der Waals surface area contributed by atoms with Crippen molar-refractivity contribution in [1.29, 1.82) is 5.41 Å². The summed E-state index contributed by atoms with van der Waals surface area (Å²) in [5, 5.41) is 8.85. The lowest BCUT2D eigenvalue weighted by molar-refractivity contribution is -0.520. The highest BCUT2D eigenvalue weighted by Gasteiger charge is 2.48. The second-order valence-electron chi connectivity index (χ2n) is 8.25. The fourth-order valence-corrected chi connectivity index (χ4v) is 5.07. The largest absolute Gasteiger partial charge is 0.376 e. The van der Waals surface area contributed by atoms with Gasteiger partial charge in [-0.2, -0.15) is 4.57 Å². The molecule has 1 aromatic heterocycles. The van der Waals surface area contributed by atoms with Crippen LogP contribution in [0.4, 0.5) is 11.8 Å². The first kappa shape index (κ1) is 21.3. The van der Waals surface area contributed by atoms with Crippen LogP contribution in [0, 0.1) is 17.7 Å². The molecule has 4 rings (SSSR count). The number of benzene rings is 1. The summed E-state index contributed by atoms with van der Waals surface area (Å²) in [7, 11) is 0. The molecule has 5 N–H and O–H groups in total. The van der Waals surface area contributed by atoms with Gasteiger partial charge in [0.15, 0.2) is 12.2 Å². The van der Waals surface area contributed by atoms with Crippen LogP contribution in [0.2, 0.25) is 10.0 Å². The summed E-state index contributed by atoms with van der Waals surface area (Å²) < 4.78 is 7.43. The minimum absolute atomic E-state index is 0.0142. The molecular formula is C21H27Cl2N6O+. The van der Waals surface area contributed by atoms with Gasteiger partial charge in [0.1, 0.15) is 0 Å². The fraction of sp³-hybridized carbons (Fsp3) is 0.476. The summed E-state index contributed by atoms with van der Waals surface area (Å²) in [6.07, 6.45) is 3.11. The van der Waals surface area contributed by atoms with Crippen LogP contribution in [0.1, 0.15) is 25.5 Å². The lowest BCUT2D eigenvalue weighted by atomic mass is 9.73. The highest BCUT2D eigenvalue weighted by Crippen LogP contribution is 2.42. The minimum atomic E-state index is 0.0142. The van der Waals surface area contributed by atoms with Gasteiger partial charge in [0.25, 0.3) is 0 Å². The van der Waals surface area contributed by atoms with Gasteiger partial charge in [-0.25, -0.2) is 5.41 Å². The third kappa shape index (κ3) is 3.34. The van der Waals surface area contributed by atoms with Crippen LogP contribution in [-0.4, -0.2) is 43.2 Å². The zero-order valence-electron chi connectivity index (χ0n) is 17.2. The number of nitrogens with zero attached hydrogens (tertiary/aromatic N) is 3. The normalized spacial score (nSPS) is 23.2. The molecule has 30 heavy (non-hydrogen) atoms. The van der Waals surface area contributed by atoms with E-state index in [2.05, 4.69) is 4.90 Å². The molecular weight excluding hydrogens is 423 g/mol. The highest BCUT2D eigenvalue weighted by atomic mass is 35.5. The smallest absolute Gasteiger partial charge is 0.328 e. The first-order valence-electron chi connectivity index (χ1n) is 10.1. The van der Waals surface area contributed by atoms with E-state index in [4.69, 9.17) is 49.8 Å². The molecule has 2 aromatic rings. The molecule has 160 valence electrons. The van der Waals surface area contributed by atoms with Gasteiger partial charge in [-0.05, 0) is 32.8 Å². The van der Waals surface area contributed by atoms with E-state index < -0.39 is 0 Å². The molecule has 0 radical (unpaired) electrons. The van der Waals surface area contributed by atoms with E-state index in [0.717, 1.165) is 31.6 Å². The summed E-state index contributed by atoms with van der Waals surface area (Å²) in [6, 6.07) is 5.45. The van der Waals surface area contributed by atoms with Crippen molar-refractivity contribution >= 4 is 41.3 Å². The van der Waals surface area contributed by atoms with Gasteiger partial charge in [-0.3, -0.25) is 4.90 Å². The third-order valence-electron chi connectivity index (χ3n) is 6.60. The van der Waals surface area contributed by atoms with Crippen molar-refractivity contribution in [2.45, 2.75) is 38.8 Å². The predicted octanol–water partition coefficient (Wildman–Crippen LogP) is 3.02. The molecule has 2 saturated heterocycles. The number of aromatic nitrogens is 2. The Labute approximate surface area is 186 Å². The molecule has 3 heterocycles. The monoisotopic (exact) mass is 449 g/mol. The zero-order valence-corrected chi connectivity index (χ0v) is 18.7. The Kier molecular flexibility index (Phi) is 5.66. The van der Waals surface area contributed by atoms with E-state index in [9.17, 15) is 0 Å². The number of nitrogens with one attached hydrogen (secondary N) is 1. The van der Waals surface area contributed by atoms with Gasteiger partial charge in [0.2, 0.25) is 0 Å². The third-order valence-corrected chi connectivity index (χ3v) is 7.42. The Balaban J connectivity index is 1.69. The maximum Gasteiger partial charge on any atom is 0.328 e. The van der Waals surface area contributed by atoms with Crippen LogP contribution < -0.4 is 20.9 Å². The van der Waals surface area contributed by atoms with Gasteiger partial charge in [0.05, 0.1) is 34.0 Å². The number of ether oxygens (including phenoxy) is 1. The molecule has 2 fully saturated rings. The van der Waals surface area contributed by atoms with Gasteiger partial charge in [-0.1, -0.05) is 35.3 Å². The van der Waals surface area contributed by atoms with E-state index in [1.54, 1.807) is 10.6 Å². The molecule has 0 saturated carbocycles. The zero-order chi connectivity index (χ0) is 21.6. The lowest BCUT2D eigenvalue weighted by Gasteiger charge is -2.40. The van der Waals surface area contributed by atoms with Gasteiger partial charge in [0, 0.05) is 30.1 Å². The van der Waals surface area contributed by atoms with Crippen molar-refractivity contribution in [3.63, 3.8) is 0 Å². The van der Waals surface area contributed by atoms with Gasteiger partial charge < -0.3 is 16.2 Å². The summed E-state index contributed by atoms with van der Waals surface area (Å²) in [6.45, 7) is 6.20. The molecule has 0 bridgehead atoms. The summed E-state index contributed by atoms with van der Waals surface area (Å²) in [5.74, 6) is 1.06. The number of anilines is 2. The number of aryl methyl sites for hydroxylation is 1. The second kappa shape index (κ2) is 7.96. The van der Waals surface area contributed by atoms with E-state index in [-0.39, 0.29) is 17.6 Å². The number of nitrogens with two attached hydrogens (primary N) is 2. The second-order valence-corrected chi connectivity index (χ2v) is 9.03. The van der Waals surface area contributed by atoms with Crippen LogP contribution in [0.25, 0.3) is 11.1 Å². The van der Waals surface area contributed by atoms with E-state index in [1.807, 2.05) is 26.0 Å². The molecule has 9 heteroatoms. The topological polar surface area (TPSA) is 105 Å². The highest BCUT2D eigenvalue weighted by molar-refractivity contribution is 6.43. The van der Waals surface area contributed by atoms with E-state index >= 15 is 0 Å². The van der Waals surface area contributed by atoms with Crippen molar-refractivity contribution in [3.8, 4) is 11.1 Å². The van der Waals surface area contributed by atoms with Crippen molar-refractivity contribution < 1.29 is 9.30 Å². The van der Waals surface area contributed by atoms with Crippen LogP contribution in [-0.2, 0) is 4.74 Å². The molecule has 1 aromatic carbocycles. The van der Waals surface area contributed by atoms with E-state index in [1.165, 1.54) is 6.34 Å². The standard InChI is InChI=1S/C21H26Cl2N6O/c1-12-16(14-4-3-5-15(22)17(14)23)19(26)29(11-24)20(27-12)28-8-6-21(7-9-28)10-30-13(2)18(21)25/h3-5,11,13,18,24,26H,6-10,25H2,1-2H3/p+1/t13-,18+/m0/s1. The van der Waals surface area contributed by atoms with Crippen molar-refractivity contribution in [2.24, 2.45) is 11.1 Å². The van der Waals surface area contributed by atoms with Crippen molar-refractivity contribution in [3.05, 3.63) is 33.9 Å². The maximum absolute atomic E-state index is 7.98. The quantitative estimate of drug-likeness (QED) is 0.379. The van der Waals surface area contributed by atoms with Crippen LogP contribution in [0.15, 0.2) is 18.2 Å². The average Bonchev–Trinajstić information content (AvgIpc) is 3.00. The summed E-state index contributed by atoms with van der Waals surface area (Å²) >= 11 is 12.6. The van der Waals surface area contributed by atoms with Crippen LogP contribution in [0.5, 0.6) is 0 Å². The Morgan fingerprint density at radius 1 is 1.33 bits per heavy atom. The molecule has 0 unspecified atom stereocenters. The van der Waals surface area contributed by atoms with Crippen molar-refractivity contribution in [1.82, 2.24) is 4.98 Å². The van der Waals surface area contributed by atoms with E-state index in [0.29, 0.717) is 39.5 Å². The Morgan fingerprint density at radius 2 is 2.03 bits per heavy atom. The fourth-order valence-electron chi connectivity index (χ4n) is 4.68. The van der Waals surface area contributed by atoms with Crippen LogP contribution in [0.3, 0.4) is 0 Å². The molecule has 2 atom stereocenters. The van der Waals surface area contributed by atoms with Crippen LogP contribution >= 0.6 is 23.2 Å². The average molecular weight is 450 g/mol. The van der Waals surface area contributed by atoms with Crippen molar-refractivity contribution in [2.75, 3.05) is 30.3 Å². The molecule has 0 aliphatic carbocycles. The Bertz CT molecular complexity index is 990. The van der Waals surface area contributed by atoms with Gasteiger partial charge in [-0.15, -0.1) is 4.98 Å². The first-order chi connectivity index (χ1) is 14.3. The number of hydrogen-bond acceptors (Lipinski definition) is 6. The number of hydrogen-bond donors (Lipinski definition) is 3. The predicted molar refractivity (Wildman–Crippen MR) is 120 cm³/mol. The molecule has 7 nitrogen and oxygen atoms in total. The minimum Gasteiger partial charge on any atom is -0.376 e. The number of piperidine rings is 1. The SMILES string of the molecule is Cc1nc(N2CCC3(CC2)CO[C@@H](C)[C@H]3N)[n+](C=N)c(N)c1-c1cccc(Cl)c1Cl. The summed E-state index contributed by atoms with van der Waals surface area (Å²) in [4.78, 5) is 6.98. The van der Waals surface area contributed by atoms with Gasteiger partial charge >= 0.3 is 5.95 Å². The lowest BCUT2D eigenvalue weighted by Crippen LogP contribution is -2.54. The number of nitrogen functional groups attached to an aromatic ring is 1.